The number of carbonyl (C=O) groups is 1. The fraction of sp³-hybridized carbons (Fsp3) is 0.533. The zero-order chi connectivity index (χ0) is 17.7. The number of nitrogens with zero attached hydrogens (tertiary/aromatic N) is 4. The minimum atomic E-state index is -0.462. The molecule has 2 rings (SSSR count). The van der Waals surface area contributed by atoms with Crippen LogP contribution in [-0.4, -0.2) is 39.3 Å². The van der Waals surface area contributed by atoms with Gasteiger partial charge in [0.1, 0.15) is 12.6 Å². The molecular weight excluding hydrogens is 314 g/mol. The molecule has 0 aliphatic carbocycles. The summed E-state index contributed by atoms with van der Waals surface area (Å²) in [5.41, 5.74) is 0.849. The number of carbonyl (C=O) groups excluding carboxylic acids is 1. The predicted octanol–water partition coefficient (Wildman–Crippen LogP) is 0.309. The predicted molar refractivity (Wildman–Crippen MR) is 84.4 cm³/mol. The molecule has 0 aromatic carbocycles. The molecule has 1 N–H and O–H groups in total. The van der Waals surface area contributed by atoms with Gasteiger partial charge in [0.25, 0.3) is 0 Å². The van der Waals surface area contributed by atoms with Gasteiger partial charge in [-0.1, -0.05) is 5.16 Å². The maximum absolute atomic E-state index is 12.2. The molecule has 1 atom stereocenters. The SMILES string of the molecule is COCCc1noc([C@H](C)NC(=O)Cn2c(C)cc(C)nc2=O)n1. The van der Waals surface area contributed by atoms with Crippen LogP contribution in [0.5, 0.6) is 0 Å². The average Bonchev–Trinajstić information content (AvgIpc) is 2.97. The second kappa shape index (κ2) is 7.82. The molecule has 9 nitrogen and oxygen atoms in total. The van der Waals surface area contributed by atoms with Crippen molar-refractivity contribution in [2.45, 2.75) is 39.8 Å². The molecule has 0 unspecified atom stereocenters. The van der Waals surface area contributed by atoms with E-state index in [2.05, 4.69) is 20.4 Å². The molecule has 0 radical (unpaired) electrons. The van der Waals surface area contributed by atoms with Crippen LogP contribution >= 0.6 is 0 Å². The first-order chi connectivity index (χ1) is 11.4. The summed E-state index contributed by atoms with van der Waals surface area (Å²) in [6, 6.07) is 1.29. The summed E-state index contributed by atoms with van der Waals surface area (Å²) in [6.07, 6.45) is 0.532. The van der Waals surface area contributed by atoms with Crippen LogP contribution in [0.1, 0.15) is 36.1 Å². The van der Waals surface area contributed by atoms with E-state index in [0.29, 0.717) is 36.1 Å². The largest absolute Gasteiger partial charge is 0.384 e. The van der Waals surface area contributed by atoms with E-state index in [1.165, 1.54) is 4.57 Å². The van der Waals surface area contributed by atoms with Gasteiger partial charge in [0, 0.05) is 24.9 Å². The molecule has 1 amide bonds. The minimum Gasteiger partial charge on any atom is -0.384 e. The highest BCUT2D eigenvalue weighted by atomic mass is 16.5. The number of aryl methyl sites for hydroxylation is 2. The van der Waals surface area contributed by atoms with Gasteiger partial charge >= 0.3 is 5.69 Å². The Bertz CT molecular complexity index is 767. The first-order valence-corrected chi connectivity index (χ1v) is 7.56. The second-order valence-corrected chi connectivity index (χ2v) is 5.49. The lowest BCUT2D eigenvalue weighted by atomic mass is 10.3. The van der Waals surface area contributed by atoms with E-state index >= 15 is 0 Å². The highest BCUT2D eigenvalue weighted by Gasteiger charge is 2.17. The van der Waals surface area contributed by atoms with Gasteiger partial charge in [-0.3, -0.25) is 9.36 Å². The summed E-state index contributed by atoms with van der Waals surface area (Å²) in [6.45, 7) is 5.59. The Balaban J connectivity index is 1.99. The molecule has 0 aliphatic rings. The zero-order valence-electron chi connectivity index (χ0n) is 14.2. The number of nitrogens with one attached hydrogen (secondary N) is 1. The van der Waals surface area contributed by atoms with E-state index in [1.54, 1.807) is 33.9 Å². The third-order valence-electron chi connectivity index (χ3n) is 3.41. The lowest BCUT2D eigenvalue weighted by Crippen LogP contribution is -2.35. The Kier molecular flexibility index (Phi) is 5.80. The van der Waals surface area contributed by atoms with Crippen molar-refractivity contribution in [2.24, 2.45) is 0 Å². The standard InChI is InChI=1S/C15H21N5O4/c1-9-7-10(2)20(15(22)16-9)8-13(21)17-11(3)14-18-12(19-24-14)5-6-23-4/h7,11H,5-6,8H2,1-4H3,(H,17,21)/t11-/m0/s1. The summed E-state index contributed by atoms with van der Waals surface area (Å²) in [5, 5.41) is 6.55. The van der Waals surface area contributed by atoms with Crippen LogP contribution in [0, 0.1) is 13.8 Å². The molecule has 24 heavy (non-hydrogen) atoms. The van der Waals surface area contributed by atoms with Crippen molar-refractivity contribution in [3.8, 4) is 0 Å². The molecule has 9 heteroatoms. The lowest BCUT2D eigenvalue weighted by Gasteiger charge is -2.12. The number of hydrogen-bond acceptors (Lipinski definition) is 7. The van der Waals surface area contributed by atoms with Crippen LogP contribution in [0.3, 0.4) is 0 Å². The smallest absolute Gasteiger partial charge is 0.348 e. The van der Waals surface area contributed by atoms with Gasteiger partial charge in [0.2, 0.25) is 11.8 Å². The fourth-order valence-electron chi connectivity index (χ4n) is 2.20. The number of methoxy groups -OCH3 is 1. The van der Waals surface area contributed by atoms with Gasteiger partial charge in [-0.05, 0) is 26.8 Å². The molecular formula is C15H21N5O4. The van der Waals surface area contributed by atoms with Gasteiger partial charge in [0.15, 0.2) is 5.82 Å². The summed E-state index contributed by atoms with van der Waals surface area (Å²) in [5.74, 6) is 0.485. The van der Waals surface area contributed by atoms with Crippen LogP contribution in [0.2, 0.25) is 0 Å². The molecule has 0 saturated heterocycles. The quantitative estimate of drug-likeness (QED) is 0.775. The van der Waals surface area contributed by atoms with Crippen molar-refractivity contribution in [3.05, 3.63) is 39.7 Å². The van der Waals surface area contributed by atoms with E-state index in [4.69, 9.17) is 9.26 Å². The third-order valence-corrected chi connectivity index (χ3v) is 3.41. The molecule has 0 fully saturated rings. The van der Waals surface area contributed by atoms with Gasteiger partial charge in [-0.15, -0.1) is 0 Å². The van der Waals surface area contributed by atoms with Crippen LogP contribution < -0.4 is 11.0 Å². The number of aromatic nitrogens is 4. The summed E-state index contributed by atoms with van der Waals surface area (Å²) in [4.78, 5) is 32.1. The van der Waals surface area contributed by atoms with Gasteiger partial charge in [-0.2, -0.15) is 9.97 Å². The van der Waals surface area contributed by atoms with Crippen molar-refractivity contribution in [2.75, 3.05) is 13.7 Å². The molecule has 0 aliphatic heterocycles. The normalized spacial score (nSPS) is 12.2. The number of amides is 1. The van der Waals surface area contributed by atoms with E-state index in [1.807, 2.05) is 0 Å². The molecule has 0 bridgehead atoms. The van der Waals surface area contributed by atoms with E-state index in [-0.39, 0.29) is 12.5 Å². The molecule has 130 valence electrons. The van der Waals surface area contributed by atoms with Crippen molar-refractivity contribution in [1.29, 1.82) is 0 Å². The summed E-state index contributed by atoms with van der Waals surface area (Å²) in [7, 11) is 1.59. The third kappa shape index (κ3) is 4.48. The molecule has 2 aromatic rings. The van der Waals surface area contributed by atoms with Crippen molar-refractivity contribution < 1.29 is 14.1 Å². The lowest BCUT2D eigenvalue weighted by molar-refractivity contribution is -0.122. The molecule has 0 spiro atoms. The van der Waals surface area contributed by atoms with Gasteiger partial charge in [0.05, 0.1) is 6.61 Å². The van der Waals surface area contributed by atoms with Crippen molar-refractivity contribution in [1.82, 2.24) is 25.0 Å². The van der Waals surface area contributed by atoms with Crippen LogP contribution in [0.25, 0.3) is 0 Å². The Hall–Kier alpha value is -2.55. The number of rotatable bonds is 7. The van der Waals surface area contributed by atoms with Crippen LogP contribution in [-0.2, 0) is 22.5 Å². The second-order valence-electron chi connectivity index (χ2n) is 5.49. The highest BCUT2D eigenvalue weighted by Crippen LogP contribution is 2.10. The van der Waals surface area contributed by atoms with Crippen molar-refractivity contribution in [3.63, 3.8) is 0 Å². The molecule has 2 heterocycles. The van der Waals surface area contributed by atoms with Gasteiger partial charge in [-0.25, -0.2) is 4.79 Å². The number of ether oxygens (including phenoxy) is 1. The highest BCUT2D eigenvalue weighted by molar-refractivity contribution is 5.76. The average molecular weight is 335 g/mol. The summed E-state index contributed by atoms with van der Waals surface area (Å²) >= 11 is 0. The molecule has 2 aromatic heterocycles. The topological polar surface area (TPSA) is 112 Å². The van der Waals surface area contributed by atoms with E-state index in [9.17, 15) is 9.59 Å². The van der Waals surface area contributed by atoms with Gasteiger partial charge < -0.3 is 14.6 Å². The Morgan fingerprint density at radius 1 is 1.42 bits per heavy atom. The maximum Gasteiger partial charge on any atom is 0.348 e. The number of hydrogen-bond donors (Lipinski definition) is 1. The first-order valence-electron chi connectivity index (χ1n) is 7.56. The fourth-order valence-corrected chi connectivity index (χ4v) is 2.20. The minimum absolute atomic E-state index is 0.118. The van der Waals surface area contributed by atoms with Crippen LogP contribution in [0.15, 0.2) is 15.4 Å². The molecule has 0 saturated carbocycles. The van der Waals surface area contributed by atoms with Crippen molar-refractivity contribution >= 4 is 5.91 Å². The Morgan fingerprint density at radius 2 is 2.17 bits per heavy atom. The monoisotopic (exact) mass is 335 g/mol. The zero-order valence-corrected chi connectivity index (χ0v) is 14.2. The van der Waals surface area contributed by atoms with E-state index in [0.717, 1.165) is 0 Å². The maximum atomic E-state index is 12.2. The first kappa shape index (κ1) is 17.8. The Morgan fingerprint density at radius 3 is 2.83 bits per heavy atom. The van der Waals surface area contributed by atoms with E-state index < -0.39 is 11.7 Å². The summed E-state index contributed by atoms with van der Waals surface area (Å²) < 4.78 is 11.4. The Labute approximate surface area is 139 Å². The van der Waals surface area contributed by atoms with Crippen LogP contribution in [0.4, 0.5) is 0 Å².